The molecule has 4 heterocycles. The van der Waals surface area contributed by atoms with Crippen LogP contribution in [0.15, 0.2) is 29.1 Å². The number of nitrogens with zero attached hydrogens (tertiary/aromatic N) is 3. The minimum Gasteiger partial charge on any atom is -0.467 e. The summed E-state index contributed by atoms with van der Waals surface area (Å²) in [6.07, 6.45) is 5.34. The minimum atomic E-state index is 0.120. The highest BCUT2D eigenvalue weighted by atomic mass is 32.1. The Bertz CT molecular complexity index is 911. The van der Waals surface area contributed by atoms with Crippen LogP contribution in [0.4, 0.5) is 5.82 Å². The van der Waals surface area contributed by atoms with Crippen LogP contribution in [0.5, 0.6) is 0 Å². The Morgan fingerprint density at radius 1 is 1.38 bits per heavy atom. The van der Waals surface area contributed by atoms with Crippen LogP contribution in [0.2, 0.25) is 0 Å². The number of hydrogen-bond acceptors (Lipinski definition) is 6. The van der Waals surface area contributed by atoms with Crippen molar-refractivity contribution in [2.45, 2.75) is 33.2 Å². The molecule has 6 nitrogen and oxygen atoms in total. The van der Waals surface area contributed by atoms with Gasteiger partial charge >= 0.3 is 0 Å². The van der Waals surface area contributed by atoms with Crippen LogP contribution in [0, 0.1) is 12.8 Å². The van der Waals surface area contributed by atoms with Crippen LogP contribution in [0.3, 0.4) is 0 Å². The van der Waals surface area contributed by atoms with Crippen molar-refractivity contribution >= 4 is 33.3 Å². The minimum absolute atomic E-state index is 0.120. The molecule has 0 spiro atoms. The highest BCUT2D eigenvalue weighted by Crippen LogP contribution is 2.34. The summed E-state index contributed by atoms with van der Waals surface area (Å²) in [7, 11) is 0. The first-order valence-corrected chi connectivity index (χ1v) is 9.74. The van der Waals surface area contributed by atoms with E-state index in [-0.39, 0.29) is 5.91 Å². The lowest BCUT2D eigenvalue weighted by Gasteiger charge is -2.30. The van der Waals surface area contributed by atoms with Gasteiger partial charge in [-0.15, -0.1) is 11.3 Å². The number of anilines is 1. The molecule has 1 aliphatic rings. The van der Waals surface area contributed by atoms with Gasteiger partial charge in [-0.3, -0.25) is 4.79 Å². The summed E-state index contributed by atoms with van der Waals surface area (Å²) in [4.78, 5) is 25.4. The summed E-state index contributed by atoms with van der Waals surface area (Å²) in [6, 6.07) is 3.77. The molecular formula is C19H22N4O2S. The average Bonchev–Trinajstić information content (AvgIpc) is 3.28. The van der Waals surface area contributed by atoms with Gasteiger partial charge < -0.3 is 14.6 Å². The van der Waals surface area contributed by atoms with Gasteiger partial charge in [0.05, 0.1) is 23.1 Å². The molecule has 0 atom stereocenters. The Hall–Kier alpha value is -2.41. The summed E-state index contributed by atoms with van der Waals surface area (Å²) >= 11 is 1.46. The van der Waals surface area contributed by atoms with Gasteiger partial charge in [0.1, 0.15) is 22.7 Å². The van der Waals surface area contributed by atoms with Gasteiger partial charge in [-0.2, -0.15) is 0 Å². The maximum Gasteiger partial charge on any atom is 0.264 e. The second-order valence-electron chi connectivity index (χ2n) is 6.87. The zero-order valence-electron chi connectivity index (χ0n) is 15.0. The molecule has 0 bridgehead atoms. The molecule has 1 amide bonds. The molecule has 1 N–H and O–H groups in total. The molecule has 26 heavy (non-hydrogen) atoms. The highest BCUT2D eigenvalue weighted by Gasteiger charge is 2.26. The van der Waals surface area contributed by atoms with E-state index in [4.69, 9.17) is 4.42 Å². The van der Waals surface area contributed by atoms with Crippen molar-refractivity contribution < 1.29 is 9.21 Å². The van der Waals surface area contributed by atoms with Gasteiger partial charge in [-0.05, 0) is 43.4 Å². The number of likely N-dealkylation sites (tertiary alicyclic amines) is 1. The van der Waals surface area contributed by atoms with Crippen molar-refractivity contribution in [2.24, 2.45) is 5.92 Å². The zero-order chi connectivity index (χ0) is 18.1. The van der Waals surface area contributed by atoms with Gasteiger partial charge in [-0.1, -0.05) is 6.92 Å². The van der Waals surface area contributed by atoms with Crippen LogP contribution in [0.1, 0.15) is 40.8 Å². The van der Waals surface area contributed by atoms with Crippen LogP contribution >= 0.6 is 11.3 Å². The number of fused-ring (bicyclic) bond motifs is 1. The zero-order valence-corrected chi connectivity index (χ0v) is 15.8. The summed E-state index contributed by atoms with van der Waals surface area (Å²) in [5.41, 5.74) is 0.955. The predicted molar refractivity (Wildman–Crippen MR) is 102 cm³/mol. The summed E-state index contributed by atoms with van der Waals surface area (Å²) < 4.78 is 5.36. The third-order valence-corrected chi connectivity index (χ3v) is 6.19. The van der Waals surface area contributed by atoms with E-state index in [9.17, 15) is 4.79 Å². The van der Waals surface area contributed by atoms with E-state index in [0.29, 0.717) is 12.5 Å². The molecule has 136 valence electrons. The SMILES string of the molecule is Cc1c(C(=O)N2CCC(C)CC2)sc2ncnc(NCc3ccco3)c12. The largest absolute Gasteiger partial charge is 0.467 e. The number of carbonyl (C=O) groups is 1. The molecule has 1 aliphatic heterocycles. The van der Waals surface area contributed by atoms with Crippen LogP contribution in [0.25, 0.3) is 10.2 Å². The maximum absolute atomic E-state index is 13.0. The van der Waals surface area contributed by atoms with E-state index >= 15 is 0 Å². The van der Waals surface area contributed by atoms with E-state index in [0.717, 1.165) is 58.2 Å². The Kier molecular flexibility index (Phi) is 4.63. The molecule has 0 aliphatic carbocycles. The molecule has 1 fully saturated rings. The van der Waals surface area contributed by atoms with Crippen molar-refractivity contribution in [1.29, 1.82) is 0 Å². The van der Waals surface area contributed by atoms with Crippen LogP contribution in [-0.2, 0) is 6.54 Å². The van der Waals surface area contributed by atoms with Crippen molar-refractivity contribution in [2.75, 3.05) is 18.4 Å². The number of carbonyl (C=O) groups excluding carboxylic acids is 1. The molecule has 0 unspecified atom stereocenters. The Balaban J connectivity index is 1.62. The maximum atomic E-state index is 13.0. The number of nitrogens with one attached hydrogen (secondary N) is 1. The van der Waals surface area contributed by atoms with Crippen molar-refractivity contribution in [3.8, 4) is 0 Å². The number of furan rings is 1. The van der Waals surface area contributed by atoms with Crippen LogP contribution in [-0.4, -0.2) is 33.9 Å². The number of rotatable bonds is 4. The first-order chi connectivity index (χ1) is 12.6. The van der Waals surface area contributed by atoms with Crippen molar-refractivity contribution in [3.05, 3.63) is 40.9 Å². The van der Waals surface area contributed by atoms with E-state index in [1.54, 1.807) is 12.6 Å². The number of aryl methyl sites for hydroxylation is 1. The lowest BCUT2D eigenvalue weighted by molar-refractivity contribution is 0.0701. The highest BCUT2D eigenvalue weighted by molar-refractivity contribution is 7.20. The van der Waals surface area contributed by atoms with E-state index in [1.165, 1.54) is 11.3 Å². The first-order valence-electron chi connectivity index (χ1n) is 8.93. The molecule has 0 aromatic carbocycles. The first kappa shape index (κ1) is 17.0. The molecule has 3 aromatic rings. The summed E-state index contributed by atoms with van der Waals surface area (Å²) in [5, 5.41) is 4.23. The van der Waals surface area contributed by atoms with E-state index < -0.39 is 0 Å². The van der Waals surface area contributed by atoms with Gasteiger partial charge in [0, 0.05) is 13.1 Å². The standard InChI is InChI=1S/C19H22N4O2S/c1-12-5-7-23(8-6-12)19(24)16-13(2)15-17(21-11-22-18(15)26-16)20-10-14-4-3-9-25-14/h3-4,9,11-12H,5-8,10H2,1-2H3,(H,20,21,22). The molecule has 0 saturated carbocycles. The second kappa shape index (κ2) is 7.07. The Labute approximate surface area is 156 Å². The number of hydrogen-bond donors (Lipinski definition) is 1. The number of amides is 1. The molecule has 7 heteroatoms. The van der Waals surface area contributed by atoms with Crippen molar-refractivity contribution in [3.63, 3.8) is 0 Å². The van der Waals surface area contributed by atoms with Gasteiger partial charge in [0.15, 0.2) is 0 Å². The quantitative estimate of drug-likeness (QED) is 0.749. The second-order valence-corrected chi connectivity index (χ2v) is 7.87. The number of piperidine rings is 1. The fourth-order valence-corrected chi connectivity index (χ4v) is 4.47. The Morgan fingerprint density at radius 3 is 2.92 bits per heavy atom. The monoisotopic (exact) mass is 370 g/mol. The van der Waals surface area contributed by atoms with E-state index in [1.807, 2.05) is 24.0 Å². The molecule has 3 aromatic heterocycles. The fourth-order valence-electron chi connectivity index (χ4n) is 3.35. The number of aromatic nitrogens is 2. The van der Waals surface area contributed by atoms with Crippen molar-refractivity contribution in [1.82, 2.24) is 14.9 Å². The molecular weight excluding hydrogens is 348 g/mol. The summed E-state index contributed by atoms with van der Waals surface area (Å²) in [6.45, 7) is 6.45. The van der Waals surface area contributed by atoms with Gasteiger partial charge in [-0.25, -0.2) is 9.97 Å². The van der Waals surface area contributed by atoms with Gasteiger partial charge in [0.2, 0.25) is 0 Å². The average molecular weight is 370 g/mol. The number of thiophene rings is 1. The normalized spacial score (nSPS) is 15.5. The molecule has 1 saturated heterocycles. The summed E-state index contributed by atoms with van der Waals surface area (Å²) in [5.74, 6) is 2.40. The lowest BCUT2D eigenvalue weighted by atomic mass is 9.99. The van der Waals surface area contributed by atoms with Gasteiger partial charge in [0.25, 0.3) is 5.91 Å². The smallest absolute Gasteiger partial charge is 0.264 e. The van der Waals surface area contributed by atoms with E-state index in [2.05, 4.69) is 22.2 Å². The third kappa shape index (κ3) is 3.19. The fraction of sp³-hybridized carbons (Fsp3) is 0.421. The predicted octanol–water partition coefficient (Wildman–Crippen LogP) is 4.08. The lowest BCUT2D eigenvalue weighted by Crippen LogP contribution is -2.37. The van der Waals surface area contributed by atoms with Crippen LogP contribution < -0.4 is 5.32 Å². The third-order valence-electron chi connectivity index (χ3n) is 5.00. The topological polar surface area (TPSA) is 71.3 Å². The molecule has 0 radical (unpaired) electrons. The Morgan fingerprint density at radius 2 is 2.19 bits per heavy atom. The molecule has 4 rings (SSSR count).